The Balaban J connectivity index is 2.05. The van der Waals surface area contributed by atoms with Gasteiger partial charge >= 0.3 is 0 Å². The van der Waals surface area contributed by atoms with Crippen molar-refractivity contribution in [3.8, 4) is 23.0 Å². The van der Waals surface area contributed by atoms with Gasteiger partial charge in [-0.15, -0.1) is 0 Å². The minimum Gasteiger partial charge on any atom is -0.508 e. The highest BCUT2D eigenvalue weighted by Gasteiger charge is 2.16. The molecule has 1 aromatic carbocycles. The van der Waals surface area contributed by atoms with Crippen molar-refractivity contribution in [3.63, 3.8) is 0 Å². The molecule has 1 aliphatic heterocycles. The maximum atomic E-state index is 11.8. The first-order valence-electron chi connectivity index (χ1n) is 7.38. The molecule has 1 aromatic rings. The smallest absolute Gasteiger partial charge is 0.186 e. The fourth-order valence-electron chi connectivity index (χ4n) is 2.31. The number of rotatable bonds is 5. The molecule has 5 heteroatoms. The standard InChI is InChI=1S/C17H17NO4/c1-2-3-4-7-21-15-9-12(20)10-16-17(15)18-13-6-5-11(19)8-14(13)22-16/h5-6,8-10,19H,2-4,7H2,1H3. The summed E-state index contributed by atoms with van der Waals surface area (Å²) in [5.74, 6) is 0.889. The Morgan fingerprint density at radius 1 is 1.23 bits per heavy atom. The van der Waals surface area contributed by atoms with Crippen molar-refractivity contribution in [2.45, 2.75) is 26.2 Å². The number of aromatic nitrogens is 1. The van der Waals surface area contributed by atoms with Gasteiger partial charge in [0.2, 0.25) is 0 Å². The molecule has 0 atom stereocenters. The Bertz CT molecular complexity index is 825. The first-order valence-corrected chi connectivity index (χ1v) is 7.38. The molecule has 0 spiro atoms. The quantitative estimate of drug-likeness (QED) is 0.576. The first kappa shape index (κ1) is 14.4. The molecule has 2 aliphatic rings. The number of phenols is 1. The number of nitrogens with zero attached hydrogens (tertiary/aromatic N) is 1. The SMILES string of the molecule is CCCCCOc1cc(=O)cc2oc3cc(O)ccc3nc1-2. The van der Waals surface area contributed by atoms with E-state index in [0.29, 0.717) is 34.9 Å². The second-order valence-corrected chi connectivity index (χ2v) is 5.19. The monoisotopic (exact) mass is 299 g/mol. The zero-order valence-electron chi connectivity index (χ0n) is 12.3. The number of unbranched alkanes of at least 4 members (excludes halogenated alkanes) is 2. The summed E-state index contributed by atoms with van der Waals surface area (Å²) in [4.78, 5) is 16.3. The number of hydrogen-bond acceptors (Lipinski definition) is 5. The van der Waals surface area contributed by atoms with Crippen molar-refractivity contribution in [1.82, 2.24) is 4.98 Å². The summed E-state index contributed by atoms with van der Waals surface area (Å²) in [5.41, 5.74) is 1.36. The molecule has 1 N–H and O–H groups in total. The molecular formula is C17H17NO4. The lowest BCUT2D eigenvalue weighted by atomic mass is 10.2. The molecule has 0 fully saturated rings. The number of hydrogen-bond donors (Lipinski definition) is 1. The van der Waals surface area contributed by atoms with Crippen molar-refractivity contribution in [3.05, 3.63) is 40.6 Å². The van der Waals surface area contributed by atoms with Crippen LogP contribution in [0.4, 0.5) is 0 Å². The van der Waals surface area contributed by atoms with Gasteiger partial charge in [0, 0.05) is 18.2 Å². The number of ether oxygens (including phenoxy) is 1. The highest BCUT2D eigenvalue weighted by Crippen LogP contribution is 2.32. The van der Waals surface area contributed by atoms with Gasteiger partial charge < -0.3 is 14.3 Å². The van der Waals surface area contributed by atoms with Crippen LogP contribution in [0.1, 0.15) is 26.2 Å². The van der Waals surface area contributed by atoms with Crippen LogP contribution in [0.5, 0.6) is 11.5 Å². The van der Waals surface area contributed by atoms with E-state index in [-0.39, 0.29) is 11.2 Å². The van der Waals surface area contributed by atoms with Gasteiger partial charge in [0.15, 0.2) is 22.5 Å². The molecule has 0 aromatic heterocycles. The summed E-state index contributed by atoms with van der Waals surface area (Å²) in [6.07, 6.45) is 3.11. The first-order chi connectivity index (χ1) is 10.7. The van der Waals surface area contributed by atoms with Gasteiger partial charge in [0.25, 0.3) is 0 Å². The van der Waals surface area contributed by atoms with E-state index in [0.717, 1.165) is 19.3 Å². The molecule has 0 saturated carbocycles. The molecule has 5 nitrogen and oxygen atoms in total. The van der Waals surface area contributed by atoms with E-state index in [4.69, 9.17) is 9.15 Å². The van der Waals surface area contributed by atoms with Crippen molar-refractivity contribution >= 4 is 11.1 Å². The third kappa shape index (κ3) is 2.88. The van der Waals surface area contributed by atoms with Crippen molar-refractivity contribution < 1.29 is 14.3 Å². The van der Waals surface area contributed by atoms with E-state index >= 15 is 0 Å². The normalized spacial score (nSPS) is 11.1. The zero-order valence-corrected chi connectivity index (χ0v) is 12.3. The Morgan fingerprint density at radius 3 is 2.91 bits per heavy atom. The molecule has 22 heavy (non-hydrogen) atoms. The Morgan fingerprint density at radius 2 is 2.09 bits per heavy atom. The van der Waals surface area contributed by atoms with E-state index in [1.54, 1.807) is 12.1 Å². The summed E-state index contributed by atoms with van der Waals surface area (Å²) < 4.78 is 11.4. The fraction of sp³-hybridized carbons (Fsp3) is 0.294. The molecule has 0 amide bonds. The molecular weight excluding hydrogens is 282 g/mol. The van der Waals surface area contributed by atoms with Gasteiger partial charge in [-0.25, -0.2) is 4.98 Å². The van der Waals surface area contributed by atoms with Gasteiger partial charge in [0.05, 0.1) is 6.61 Å². The van der Waals surface area contributed by atoms with Crippen LogP contribution in [0.25, 0.3) is 22.6 Å². The largest absolute Gasteiger partial charge is 0.508 e. The third-order valence-electron chi connectivity index (χ3n) is 3.41. The lowest BCUT2D eigenvalue weighted by molar-refractivity contribution is 0.305. The van der Waals surface area contributed by atoms with Crippen LogP contribution >= 0.6 is 0 Å². The van der Waals surface area contributed by atoms with Crippen LogP contribution in [0.3, 0.4) is 0 Å². The molecule has 114 valence electrons. The van der Waals surface area contributed by atoms with E-state index in [9.17, 15) is 9.90 Å². The summed E-state index contributed by atoms with van der Waals surface area (Å²) in [5, 5.41) is 9.50. The summed E-state index contributed by atoms with van der Waals surface area (Å²) in [6, 6.07) is 7.49. The van der Waals surface area contributed by atoms with Crippen LogP contribution in [0, 0.1) is 0 Å². The predicted molar refractivity (Wildman–Crippen MR) is 83.6 cm³/mol. The Kier molecular flexibility index (Phi) is 3.96. The van der Waals surface area contributed by atoms with Gasteiger partial charge in [-0.05, 0) is 18.6 Å². The zero-order chi connectivity index (χ0) is 15.5. The van der Waals surface area contributed by atoms with Crippen LogP contribution in [0.2, 0.25) is 0 Å². The average molecular weight is 299 g/mol. The molecule has 1 aliphatic carbocycles. The number of aromatic hydroxyl groups is 1. The lowest BCUT2D eigenvalue weighted by Gasteiger charge is -2.12. The predicted octanol–water partition coefficient (Wildman–Crippen LogP) is 3.57. The third-order valence-corrected chi connectivity index (χ3v) is 3.41. The topological polar surface area (TPSA) is 72.6 Å². The molecule has 0 saturated heterocycles. The molecule has 0 bridgehead atoms. The molecule has 0 unspecified atom stereocenters. The van der Waals surface area contributed by atoms with Crippen LogP contribution in [-0.4, -0.2) is 16.7 Å². The number of benzene rings is 2. The van der Waals surface area contributed by atoms with Gasteiger partial charge in [-0.3, -0.25) is 4.79 Å². The van der Waals surface area contributed by atoms with Crippen LogP contribution < -0.4 is 10.2 Å². The van der Waals surface area contributed by atoms with Crippen molar-refractivity contribution in [2.24, 2.45) is 0 Å². The Hall–Kier alpha value is -2.56. The number of fused-ring (bicyclic) bond motifs is 2. The van der Waals surface area contributed by atoms with Crippen molar-refractivity contribution in [2.75, 3.05) is 6.61 Å². The van der Waals surface area contributed by atoms with Gasteiger partial charge in [-0.1, -0.05) is 19.8 Å². The highest BCUT2D eigenvalue weighted by molar-refractivity contribution is 5.79. The van der Waals surface area contributed by atoms with Crippen LogP contribution in [0.15, 0.2) is 39.5 Å². The molecule has 1 heterocycles. The summed E-state index contributed by atoms with van der Waals surface area (Å²) >= 11 is 0. The minimum absolute atomic E-state index is 0.0896. The maximum Gasteiger partial charge on any atom is 0.186 e. The van der Waals surface area contributed by atoms with E-state index in [1.807, 2.05) is 0 Å². The molecule has 0 radical (unpaired) electrons. The number of phenolic OH excluding ortho intramolecular Hbond substituents is 1. The second kappa shape index (κ2) is 6.05. The lowest BCUT2D eigenvalue weighted by Crippen LogP contribution is -2.06. The summed E-state index contributed by atoms with van der Waals surface area (Å²) in [6.45, 7) is 2.66. The van der Waals surface area contributed by atoms with E-state index in [1.165, 1.54) is 18.2 Å². The molecule has 3 rings (SSSR count). The van der Waals surface area contributed by atoms with Crippen LogP contribution in [-0.2, 0) is 0 Å². The highest BCUT2D eigenvalue weighted by atomic mass is 16.5. The van der Waals surface area contributed by atoms with Crippen molar-refractivity contribution in [1.29, 1.82) is 0 Å². The fourth-order valence-corrected chi connectivity index (χ4v) is 2.31. The van der Waals surface area contributed by atoms with E-state index in [2.05, 4.69) is 11.9 Å². The maximum absolute atomic E-state index is 11.8. The minimum atomic E-state index is -0.192. The van der Waals surface area contributed by atoms with E-state index < -0.39 is 0 Å². The van der Waals surface area contributed by atoms with Gasteiger partial charge in [0.1, 0.15) is 17.0 Å². The van der Waals surface area contributed by atoms with Gasteiger partial charge in [-0.2, -0.15) is 0 Å². The Labute approximate surface area is 127 Å². The average Bonchev–Trinajstić information content (AvgIpc) is 2.49. The second-order valence-electron chi connectivity index (χ2n) is 5.19. The summed E-state index contributed by atoms with van der Waals surface area (Å²) in [7, 11) is 0.